The summed E-state index contributed by atoms with van der Waals surface area (Å²) < 4.78 is 19.0. The highest BCUT2D eigenvalue weighted by Gasteiger charge is 2.23. The number of methoxy groups -OCH3 is 1. The number of ether oxygens (including phenoxy) is 1. The van der Waals surface area contributed by atoms with Crippen molar-refractivity contribution < 1.29 is 9.13 Å². The van der Waals surface area contributed by atoms with E-state index in [9.17, 15) is 4.39 Å². The van der Waals surface area contributed by atoms with Crippen LogP contribution in [0.1, 0.15) is 38.2 Å². The fourth-order valence-electron chi connectivity index (χ4n) is 2.52. The molecule has 0 spiro atoms. The second-order valence-electron chi connectivity index (χ2n) is 6.28. The molecule has 0 heterocycles. The largest absolute Gasteiger partial charge is 0.494 e. The molecule has 1 saturated carbocycles. The predicted octanol–water partition coefficient (Wildman–Crippen LogP) is 4.13. The van der Waals surface area contributed by atoms with Crippen molar-refractivity contribution in [3.63, 3.8) is 0 Å². The van der Waals surface area contributed by atoms with E-state index in [2.05, 4.69) is 25.7 Å². The molecule has 1 aliphatic rings. The molecule has 21 heavy (non-hydrogen) atoms. The van der Waals surface area contributed by atoms with Crippen LogP contribution in [0.5, 0.6) is 5.75 Å². The van der Waals surface area contributed by atoms with Crippen LogP contribution in [0.3, 0.4) is 0 Å². The van der Waals surface area contributed by atoms with Crippen molar-refractivity contribution in [2.24, 2.45) is 11.8 Å². The first-order valence-corrected chi connectivity index (χ1v) is 7.75. The second kappa shape index (κ2) is 7.08. The molecule has 0 radical (unpaired) electrons. The quantitative estimate of drug-likeness (QED) is 0.727. The molecule has 116 valence electrons. The normalized spacial score (nSPS) is 16.0. The van der Waals surface area contributed by atoms with Gasteiger partial charge in [-0.1, -0.05) is 32.1 Å². The van der Waals surface area contributed by atoms with Crippen molar-refractivity contribution >= 4 is 0 Å². The van der Waals surface area contributed by atoms with Crippen LogP contribution >= 0.6 is 0 Å². The van der Waals surface area contributed by atoms with Gasteiger partial charge in [-0.3, -0.25) is 0 Å². The Labute approximate surface area is 127 Å². The fourth-order valence-corrected chi connectivity index (χ4v) is 2.52. The number of nitrogens with one attached hydrogen (secondary N) is 1. The van der Waals surface area contributed by atoms with Crippen molar-refractivity contribution in [2.45, 2.75) is 32.6 Å². The van der Waals surface area contributed by atoms with Crippen LogP contribution < -0.4 is 10.1 Å². The Balaban J connectivity index is 2.12. The third-order valence-corrected chi connectivity index (χ3v) is 4.25. The molecular weight excluding hydrogens is 265 g/mol. The third kappa shape index (κ3) is 4.31. The summed E-state index contributed by atoms with van der Waals surface area (Å²) in [4.78, 5) is 0. The summed E-state index contributed by atoms with van der Waals surface area (Å²) in [6.45, 7) is 10.4. The summed E-state index contributed by atoms with van der Waals surface area (Å²) in [5.74, 6) is 1.34. The van der Waals surface area contributed by atoms with Crippen LogP contribution in [0.4, 0.5) is 4.39 Å². The van der Waals surface area contributed by atoms with Crippen molar-refractivity contribution in [1.82, 2.24) is 5.32 Å². The zero-order valence-corrected chi connectivity index (χ0v) is 13.3. The van der Waals surface area contributed by atoms with Gasteiger partial charge in [-0.2, -0.15) is 0 Å². The maximum absolute atomic E-state index is 14.0. The zero-order chi connectivity index (χ0) is 15.4. The van der Waals surface area contributed by atoms with E-state index in [1.165, 1.54) is 20.0 Å². The minimum atomic E-state index is -0.307. The van der Waals surface area contributed by atoms with Crippen LogP contribution in [0.25, 0.3) is 0 Å². The fraction of sp³-hybridized carbons (Fsp3) is 0.556. The summed E-state index contributed by atoms with van der Waals surface area (Å²) in [6, 6.07) is 5.22. The van der Waals surface area contributed by atoms with Crippen LogP contribution in [0.2, 0.25) is 0 Å². The van der Waals surface area contributed by atoms with Crippen LogP contribution in [0.15, 0.2) is 30.4 Å². The monoisotopic (exact) mass is 291 g/mol. The SMILES string of the molecule is C=C(C(C)C)[C@H](CNCC1CC1)c1ccc(OC)c(F)c1. The van der Waals surface area contributed by atoms with Crippen LogP contribution in [0, 0.1) is 17.7 Å². The Kier molecular flexibility index (Phi) is 5.40. The predicted molar refractivity (Wildman–Crippen MR) is 85.3 cm³/mol. The van der Waals surface area contributed by atoms with E-state index in [0.29, 0.717) is 11.7 Å². The third-order valence-electron chi connectivity index (χ3n) is 4.25. The van der Waals surface area contributed by atoms with E-state index in [1.54, 1.807) is 12.1 Å². The van der Waals surface area contributed by atoms with Gasteiger partial charge >= 0.3 is 0 Å². The van der Waals surface area contributed by atoms with Gasteiger partial charge in [0.25, 0.3) is 0 Å². The number of benzene rings is 1. The molecule has 0 saturated heterocycles. The Morgan fingerprint density at radius 3 is 2.67 bits per heavy atom. The molecule has 0 aliphatic heterocycles. The second-order valence-corrected chi connectivity index (χ2v) is 6.28. The lowest BCUT2D eigenvalue weighted by Gasteiger charge is -2.24. The molecule has 3 heteroatoms. The van der Waals surface area contributed by atoms with Gasteiger partial charge < -0.3 is 10.1 Å². The van der Waals surface area contributed by atoms with Crippen LogP contribution in [-0.4, -0.2) is 20.2 Å². The minimum Gasteiger partial charge on any atom is -0.494 e. The summed E-state index contributed by atoms with van der Waals surface area (Å²) in [5.41, 5.74) is 2.11. The van der Waals surface area contributed by atoms with E-state index in [-0.39, 0.29) is 11.7 Å². The molecule has 1 aliphatic carbocycles. The number of rotatable bonds is 8. The molecule has 0 aromatic heterocycles. The van der Waals surface area contributed by atoms with Crippen molar-refractivity contribution in [3.8, 4) is 5.75 Å². The first-order chi connectivity index (χ1) is 10.0. The van der Waals surface area contributed by atoms with Gasteiger partial charge in [0.1, 0.15) is 0 Å². The summed E-state index contributed by atoms with van der Waals surface area (Å²) >= 11 is 0. The van der Waals surface area contributed by atoms with E-state index < -0.39 is 0 Å². The summed E-state index contributed by atoms with van der Waals surface area (Å²) in [7, 11) is 1.49. The van der Waals surface area contributed by atoms with Gasteiger partial charge in [0.2, 0.25) is 0 Å². The molecule has 0 bridgehead atoms. The first-order valence-electron chi connectivity index (χ1n) is 7.75. The average Bonchev–Trinajstić information content (AvgIpc) is 3.27. The standard InChI is InChI=1S/C18H26FNO/c1-12(2)13(3)16(11-20-10-14-5-6-14)15-7-8-18(21-4)17(19)9-15/h7-9,12,14,16,20H,3,5-6,10-11H2,1-2,4H3/t16-/m0/s1. The van der Waals surface area contributed by atoms with Crippen molar-refractivity contribution in [2.75, 3.05) is 20.2 Å². The first kappa shape index (κ1) is 16.0. The topological polar surface area (TPSA) is 21.3 Å². The molecule has 2 rings (SSSR count). The van der Waals surface area contributed by atoms with Gasteiger partial charge in [0, 0.05) is 12.5 Å². The molecule has 2 nitrogen and oxygen atoms in total. The van der Waals surface area contributed by atoms with Gasteiger partial charge in [0.05, 0.1) is 7.11 Å². The highest BCUT2D eigenvalue weighted by molar-refractivity contribution is 5.35. The van der Waals surface area contributed by atoms with Gasteiger partial charge in [-0.25, -0.2) is 4.39 Å². The lowest BCUT2D eigenvalue weighted by Crippen LogP contribution is -2.26. The highest BCUT2D eigenvalue weighted by atomic mass is 19.1. The Morgan fingerprint density at radius 2 is 2.14 bits per heavy atom. The highest BCUT2D eigenvalue weighted by Crippen LogP contribution is 2.31. The number of hydrogen-bond acceptors (Lipinski definition) is 2. The Bertz CT molecular complexity index is 494. The molecule has 1 atom stereocenters. The lowest BCUT2D eigenvalue weighted by atomic mass is 9.85. The smallest absolute Gasteiger partial charge is 0.165 e. The van der Waals surface area contributed by atoms with E-state index in [1.807, 2.05) is 6.07 Å². The lowest BCUT2D eigenvalue weighted by molar-refractivity contribution is 0.386. The van der Waals surface area contributed by atoms with E-state index in [0.717, 1.165) is 30.1 Å². The number of halogens is 1. The van der Waals surface area contributed by atoms with Crippen molar-refractivity contribution in [3.05, 3.63) is 41.7 Å². The molecule has 1 N–H and O–H groups in total. The van der Waals surface area contributed by atoms with Crippen molar-refractivity contribution in [1.29, 1.82) is 0 Å². The van der Waals surface area contributed by atoms with E-state index >= 15 is 0 Å². The minimum absolute atomic E-state index is 0.143. The van der Waals surface area contributed by atoms with Gasteiger partial charge in [0.15, 0.2) is 11.6 Å². The maximum atomic E-state index is 14.0. The molecule has 1 aromatic carbocycles. The molecule has 0 unspecified atom stereocenters. The maximum Gasteiger partial charge on any atom is 0.165 e. The van der Waals surface area contributed by atoms with Gasteiger partial charge in [-0.05, 0) is 48.9 Å². The Morgan fingerprint density at radius 1 is 1.43 bits per heavy atom. The zero-order valence-electron chi connectivity index (χ0n) is 13.3. The van der Waals surface area contributed by atoms with Gasteiger partial charge in [-0.15, -0.1) is 0 Å². The molecule has 1 aromatic rings. The number of hydrogen-bond donors (Lipinski definition) is 1. The Hall–Kier alpha value is -1.35. The average molecular weight is 291 g/mol. The molecular formula is C18H26FNO. The molecule has 1 fully saturated rings. The summed E-state index contributed by atoms with van der Waals surface area (Å²) in [6.07, 6.45) is 2.67. The van der Waals surface area contributed by atoms with E-state index in [4.69, 9.17) is 4.74 Å². The van der Waals surface area contributed by atoms with Crippen LogP contribution in [-0.2, 0) is 0 Å². The molecule has 0 amide bonds. The summed E-state index contributed by atoms with van der Waals surface area (Å²) in [5, 5.41) is 3.52.